The standard InChI is InChI=1S/C18H28N4O4S/c1-14-17(27(24,25)22-7-2-3-8-22)12-16(26-14)18(23)21-9-4-15(13-21)20-10-5-19-6-11-20/h12,15,19H,2-11,13H2,1H3. The number of furan rings is 1. The second kappa shape index (κ2) is 7.54. The molecule has 0 spiro atoms. The first-order valence-corrected chi connectivity index (χ1v) is 11.3. The van der Waals surface area contributed by atoms with Gasteiger partial charge in [0, 0.05) is 64.5 Å². The maximum atomic E-state index is 12.9. The molecule has 3 aliphatic heterocycles. The predicted molar refractivity (Wildman–Crippen MR) is 100 cm³/mol. The van der Waals surface area contributed by atoms with E-state index in [0.29, 0.717) is 38.0 Å². The Morgan fingerprint density at radius 3 is 2.56 bits per heavy atom. The summed E-state index contributed by atoms with van der Waals surface area (Å²) in [7, 11) is -3.58. The molecule has 27 heavy (non-hydrogen) atoms. The minimum absolute atomic E-state index is 0.130. The lowest BCUT2D eigenvalue weighted by Gasteiger charge is -2.32. The molecule has 1 unspecified atom stereocenters. The van der Waals surface area contributed by atoms with Crippen molar-refractivity contribution in [3.05, 3.63) is 17.6 Å². The van der Waals surface area contributed by atoms with E-state index in [2.05, 4.69) is 10.2 Å². The van der Waals surface area contributed by atoms with Crippen LogP contribution in [0.2, 0.25) is 0 Å². The van der Waals surface area contributed by atoms with Crippen molar-refractivity contribution < 1.29 is 17.6 Å². The van der Waals surface area contributed by atoms with Crippen LogP contribution in [0.15, 0.2) is 15.4 Å². The Balaban J connectivity index is 1.47. The van der Waals surface area contributed by atoms with Gasteiger partial charge in [0.15, 0.2) is 5.76 Å². The van der Waals surface area contributed by atoms with E-state index in [1.165, 1.54) is 10.4 Å². The van der Waals surface area contributed by atoms with Gasteiger partial charge in [-0.3, -0.25) is 9.69 Å². The molecular formula is C18H28N4O4S. The van der Waals surface area contributed by atoms with Crippen LogP contribution in [0.4, 0.5) is 0 Å². The summed E-state index contributed by atoms with van der Waals surface area (Å²) in [5.41, 5.74) is 0. The fourth-order valence-corrected chi connectivity index (χ4v) is 6.00. The number of hydrogen-bond donors (Lipinski definition) is 1. The maximum absolute atomic E-state index is 12.9. The van der Waals surface area contributed by atoms with Gasteiger partial charge in [-0.2, -0.15) is 4.31 Å². The second-order valence-electron chi connectivity index (χ2n) is 7.62. The average Bonchev–Trinajstić information content (AvgIpc) is 3.42. The second-order valence-corrected chi connectivity index (χ2v) is 9.53. The quantitative estimate of drug-likeness (QED) is 0.797. The van der Waals surface area contributed by atoms with E-state index in [9.17, 15) is 13.2 Å². The molecule has 1 N–H and O–H groups in total. The van der Waals surface area contributed by atoms with Crippen molar-refractivity contribution in [1.29, 1.82) is 0 Å². The van der Waals surface area contributed by atoms with E-state index in [1.54, 1.807) is 11.8 Å². The first-order chi connectivity index (χ1) is 13.0. The van der Waals surface area contributed by atoms with Gasteiger partial charge in [-0.25, -0.2) is 8.42 Å². The Bertz CT molecular complexity index is 794. The molecule has 4 heterocycles. The zero-order valence-corrected chi connectivity index (χ0v) is 16.6. The smallest absolute Gasteiger partial charge is 0.289 e. The molecule has 0 saturated carbocycles. The Morgan fingerprint density at radius 1 is 1.15 bits per heavy atom. The molecule has 150 valence electrons. The molecular weight excluding hydrogens is 368 g/mol. The van der Waals surface area contributed by atoms with Gasteiger partial charge < -0.3 is 14.6 Å². The van der Waals surface area contributed by atoms with Crippen molar-refractivity contribution in [2.45, 2.75) is 37.1 Å². The number of rotatable bonds is 4. The van der Waals surface area contributed by atoms with Crippen LogP contribution in [0.25, 0.3) is 0 Å². The molecule has 3 fully saturated rings. The van der Waals surface area contributed by atoms with Gasteiger partial charge in [-0.15, -0.1) is 0 Å². The van der Waals surface area contributed by atoms with E-state index < -0.39 is 10.0 Å². The Morgan fingerprint density at radius 2 is 1.85 bits per heavy atom. The molecule has 0 aromatic carbocycles. The van der Waals surface area contributed by atoms with Crippen LogP contribution < -0.4 is 5.32 Å². The lowest BCUT2D eigenvalue weighted by Crippen LogP contribution is -2.49. The number of likely N-dealkylation sites (tertiary alicyclic amines) is 1. The normalized spacial score (nSPS) is 25.4. The number of aryl methyl sites for hydroxylation is 1. The van der Waals surface area contributed by atoms with E-state index in [1.807, 2.05) is 0 Å². The van der Waals surface area contributed by atoms with Crippen LogP contribution in [0, 0.1) is 6.92 Å². The van der Waals surface area contributed by atoms with Crippen LogP contribution in [-0.4, -0.2) is 86.8 Å². The molecule has 8 nitrogen and oxygen atoms in total. The molecule has 1 aromatic heterocycles. The zero-order chi connectivity index (χ0) is 19.0. The SMILES string of the molecule is Cc1oc(C(=O)N2CCC(N3CCNCC3)C2)cc1S(=O)(=O)N1CCCC1. The summed E-state index contributed by atoms with van der Waals surface area (Å²) in [6.45, 7) is 8.03. The van der Waals surface area contributed by atoms with Crippen LogP contribution in [0.1, 0.15) is 35.6 Å². The molecule has 1 atom stereocenters. The van der Waals surface area contributed by atoms with Crippen molar-refractivity contribution >= 4 is 15.9 Å². The van der Waals surface area contributed by atoms with Crippen molar-refractivity contribution in [3.8, 4) is 0 Å². The first kappa shape index (κ1) is 18.9. The molecule has 3 saturated heterocycles. The minimum atomic E-state index is -3.58. The van der Waals surface area contributed by atoms with Crippen molar-refractivity contribution in [3.63, 3.8) is 0 Å². The van der Waals surface area contributed by atoms with Gasteiger partial charge in [-0.1, -0.05) is 0 Å². The highest BCUT2D eigenvalue weighted by Crippen LogP contribution is 2.28. The summed E-state index contributed by atoms with van der Waals surface area (Å²) < 4.78 is 32.7. The summed E-state index contributed by atoms with van der Waals surface area (Å²) in [6.07, 6.45) is 2.70. The lowest BCUT2D eigenvalue weighted by molar-refractivity contribution is 0.0741. The Hall–Kier alpha value is -1.42. The number of piperazine rings is 1. The molecule has 9 heteroatoms. The largest absolute Gasteiger partial charge is 0.455 e. The predicted octanol–water partition coefficient (Wildman–Crippen LogP) is 0.492. The third kappa shape index (κ3) is 3.65. The van der Waals surface area contributed by atoms with E-state index in [-0.39, 0.29) is 16.6 Å². The molecule has 1 aromatic rings. The number of nitrogens with zero attached hydrogens (tertiary/aromatic N) is 3. The molecule has 0 aliphatic carbocycles. The first-order valence-electron chi connectivity index (χ1n) is 9.81. The third-order valence-corrected chi connectivity index (χ3v) is 7.89. The highest BCUT2D eigenvalue weighted by atomic mass is 32.2. The molecule has 1 amide bonds. The van der Waals surface area contributed by atoms with Crippen LogP contribution in [-0.2, 0) is 10.0 Å². The molecule has 3 aliphatic rings. The Kier molecular flexibility index (Phi) is 5.28. The number of sulfonamides is 1. The number of carbonyl (C=O) groups is 1. The average molecular weight is 397 g/mol. The van der Waals surface area contributed by atoms with Crippen molar-refractivity contribution in [2.75, 3.05) is 52.4 Å². The molecule has 0 bridgehead atoms. The van der Waals surface area contributed by atoms with Crippen molar-refractivity contribution in [1.82, 2.24) is 19.4 Å². The fraction of sp³-hybridized carbons (Fsp3) is 0.722. The van der Waals surface area contributed by atoms with Crippen LogP contribution >= 0.6 is 0 Å². The highest BCUT2D eigenvalue weighted by Gasteiger charge is 2.35. The molecule has 0 radical (unpaired) electrons. The fourth-order valence-electron chi connectivity index (χ4n) is 4.32. The highest BCUT2D eigenvalue weighted by molar-refractivity contribution is 7.89. The van der Waals surface area contributed by atoms with Crippen LogP contribution in [0.3, 0.4) is 0 Å². The summed E-state index contributed by atoms with van der Waals surface area (Å²) in [6, 6.07) is 1.80. The number of nitrogens with one attached hydrogen (secondary N) is 1. The third-order valence-electron chi connectivity index (χ3n) is 5.88. The van der Waals surface area contributed by atoms with Gasteiger partial charge in [0.25, 0.3) is 5.91 Å². The van der Waals surface area contributed by atoms with E-state index in [0.717, 1.165) is 45.4 Å². The van der Waals surface area contributed by atoms with Gasteiger partial charge in [-0.05, 0) is 26.2 Å². The van der Waals surface area contributed by atoms with E-state index in [4.69, 9.17) is 4.42 Å². The number of hydrogen-bond acceptors (Lipinski definition) is 6. The number of amides is 1. The molecule has 4 rings (SSSR count). The summed E-state index contributed by atoms with van der Waals surface area (Å²) in [5, 5.41) is 3.35. The Labute approximate surface area is 160 Å². The van der Waals surface area contributed by atoms with Gasteiger partial charge in [0.05, 0.1) is 0 Å². The lowest BCUT2D eigenvalue weighted by atomic mass is 10.2. The number of carbonyl (C=O) groups excluding carboxylic acids is 1. The monoisotopic (exact) mass is 396 g/mol. The zero-order valence-electron chi connectivity index (χ0n) is 15.8. The topological polar surface area (TPSA) is 86.1 Å². The van der Waals surface area contributed by atoms with Crippen LogP contribution in [0.5, 0.6) is 0 Å². The summed E-state index contributed by atoms with van der Waals surface area (Å²) in [5.74, 6) is 0.216. The summed E-state index contributed by atoms with van der Waals surface area (Å²) in [4.78, 5) is 17.2. The van der Waals surface area contributed by atoms with Gasteiger partial charge in [0.1, 0.15) is 10.7 Å². The maximum Gasteiger partial charge on any atom is 0.289 e. The van der Waals surface area contributed by atoms with Gasteiger partial charge in [0.2, 0.25) is 10.0 Å². The van der Waals surface area contributed by atoms with Gasteiger partial charge >= 0.3 is 0 Å². The minimum Gasteiger partial charge on any atom is -0.455 e. The van der Waals surface area contributed by atoms with E-state index >= 15 is 0 Å². The van der Waals surface area contributed by atoms with Crippen molar-refractivity contribution in [2.24, 2.45) is 0 Å². The summed E-state index contributed by atoms with van der Waals surface area (Å²) >= 11 is 0.